The Kier molecular flexibility index (Phi) is 10.3. The van der Waals surface area contributed by atoms with Crippen LogP contribution in [0.5, 0.6) is 0 Å². The van der Waals surface area contributed by atoms with Gasteiger partial charge in [-0.2, -0.15) is 4.31 Å². The molecular formula is C28H34ClF3N4O4S. The molecule has 2 fully saturated rings. The fourth-order valence-electron chi connectivity index (χ4n) is 5.34. The van der Waals surface area contributed by atoms with E-state index in [1.165, 1.54) is 16.4 Å². The number of halogens is 4. The third-order valence-electron chi connectivity index (χ3n) is 7.43. The Morgan fingerprint density at radius 3 is 2.56 bits per heavy atom. The van der Waals surface area contributed by atoms with Crippen LogP contribution in [0.2, 0.25) is 5.02 Å². The molecule has 2 aliphatic rings. The molecule has 4 rings (SSSR count). The van der Waals surface area contributed by atoms with E-state index >= 15 is 0 Å². The van der Waals surface area contributed by atoms with Crippen molar-refractivity contribution in [3.8, 4) is 0 Å². The number of hydrogen-bond acceptors (Lipinski definition) is 5. The molecule has 0 spiro atoms. The van der Waals surface area contributed by atoms with Gasteiger partial charge < -0.3 is 15.5 Å². The number of amides is 2. The molecule has 3 atom stereocenters. The van der Waals surface area contributed by atoms with E-state index in [1.54, 1.807) is 4.90 Å². The van der Waals surface area contributed by atoms with Crippen LogP contribution in [0, 0.1) is 23.4 Å². The van der Waals surface area contributed by atoms with Gasteiger partial charge in [0.2, 0.25) is 21.8 Å². The number of nitrogens with zero attached hydrogens (tertiary/aromatic N) is 2. The van der Waals surface area contributed by atoms with Crippen LogP contribution in [0.25, 0.3) is 0 Å². The fourth-order valence-corrected chi connectivity index (χ4v) is 7.10. The van der Waals surface area contributed by atoms with Crippen molar-refractivity contribution >= 4 is 33.4 Å². The average molecular weight is 615 g/mol. The highest BCUT2D eigenvalue weighted by molar-refractivity contribution is 7.89. The van der Waals surface area contributed by atoms with Gasteiger partial charge in [-0.15, -0.1) is 0 Å². The summed E-state index contributed by atoms with van der Waals surface area (Å²) in [5.41, 5.74) is 0.334. The first-order valence-electron chi connectivity index (χ1n) is 13.7. The van der Waals surface area contributed by atoms with Gasteiger partial charge in [-0.05, 0) is 55.2 Å². The topological polar surface area (TPSA) is 98.8 Å². The number of rotatable bonds is 11. The van der Waals surface area contributed by atoms with Gasteiger partial charge in [-0.1, -0.05) is 24.9 Å². The number of likely N-dealkylation sites (tertiary alicyclic amines) is 1. The number of hydrogen-bond donors (Lipinski definition) is 2. The van der Waals surface area contributed by atoms with E-state index in [0.717, 1.165) is 37.1 Å². The highest BCUT2D eigenvalue weighted by Crippen LogP contribution is 2.25. The normalized spacial score (nSPS) is 20.8. The van der Waals surface area contributed by atoms with Crippen LogP contribution in [0.15, 0.2) is 41.3 Å². The first-order chi connectivity index (χ1) is 19.5. The first-order valence-corrected chi connectivity index (χ1v) is 15.5. The van der Waals surface area contributed by atoms with Crippen molar-refractivity contribution in [2.24, 2.45) is 5.92 Å². The Labute approximate surface area is 243 Å². The molecule has 0 bridgehead atoms. The lowest BCUT2D eigenvalue weighted by molar-refractivity contribution is -0.129. The molecule has 2 amide bonds. The zero-order valence-electron chi connectivity index (χ0n) is 22.7. The van der Waals surface area contributed by atoms with Crippen molar-refractivity contribution in [2.75, 3.05) is 32.7 Å². The lowest BCUT2D eigenvalue weighted by atomic mass is 9.97. The number of piperazine rings is 1. The average Bonchev–Trinajstić information content (AvgIpc) is 3.29. The molecule has 0 aromatic heterocycles. The van der Waals surface area contributed by atoms with Crippen molar-refractivity contribution in [3.05, 3.63) is 64.4 Å². The van der Waals surface area contributed by atoms with Crippen LogP contribution in [0.1, 0.15) is 38.2 Å². The van der Waals surface area contributed by atoms with E-state index < -0.39 is 45.5 Å². The van der Waals surface area contributed by atoms with Gasteiger partial charge in [0, 0.05) is 57.3 Å². The Bertz CT molecular complexity index is 1360. The second-order valence-corrected chi connectivity index (χ2v) is 13.0. The van der Waals surface area contributed by atoms with Gasteiger partial charge in [-0.25, -0.2) is 21.6 Å². The summed E-state index contributed by atoms with van der Waals surface area (Å²) in [4.78, 5) is 27.2. The van der Waals surface area contributed by atoms with E-state index in [1.807, 2.05) is 6.92 Å². The number of sulfonamides is 1. The monoisotopic (exact) mass is 614 g/mol. The number of nitrogens with one attached hydrogen (secondary N) is 2. The molecule has 2 aliphatic heterocycles. The van der Waals surface area contributed by atoms with Crippen molar-refractivity contribution in [1.82, 2.24) is 19.8 Å². The van der Waals surface area contributed by atoms with Gasteiger partial charge >= 0.3 is 0 Å². The molecule has 224 valence electrons. The summed E-state index contributed by atoms with van der Waals surface area (Å²) in [6, 6.07) is 5.34. The summed E-state index contributed by atoms with van der Waals surface area (Å²) in [5.74, 6) is -3.19. The Hall–Kier alpha value is -2.67. The molecular weight excluding hydrogens is 581 g/mol. The second-order valence-electron chi connectivity index (χ2n) is 10.6. The van der Waals surface area contributed by atoms with E-state index in [-0.39, 0.29) is 54.1 Å². The highest BCUT2D eigenvalue weighted by Gasteiger charge is 2.36. The minimum absolute atomic E-state index is 0.0495. The zero-order chi connectivity index (χ0) is 29.7. The highest BCUT2D eigenvalue weighted by atomic mass is 35.5. The minimum Gasteiger partial charge on any atom is -0.353 e. The van der Waals surface area contributed by atoms with Crippen molar-refractivity contribution in [1.29, 1.82) is 0 Å². The largest absolute Gasteiger partial charge is 0.353 e. The Balaban J connectivity index is 1.49. The molecule has 8 nitrogen and oxygen atoms in total. The van der Waals surface area contributed by atoms with Crippen LogP contribution in [0.4, 0.5) is 13.2 Å². The number of unbranched alkanes of at least 4 members (excludes halogenated alkanes) is 1. The number of carbonyl (C=O) groups is 2. The molecule has 0 aliphatic carbocycles. The van der Waals surface area contributed by atoms with Gasteiger partial charge in [-0.3, -0.25) is 9.59 Å². The molecule has 0 radical (unpaired) electrons. The molecule has 2 heterocycles. The van der Waals surface area contributed by atoms with Crippen LogP contribution in [-0.4, -0.2) is 74.2 Å². The maximum Gasteiger partial charge on any atom is 0.243 e. The second kappa shape index (κ2) is 13.5. The third kappa shape index (κ3) is 8.00. The molecule has 2 saturated heterocycles. The van der Waals surface area contributed by atoms with Gasteiger partial charge in [0.1, 0.15) is 17.5 Å². The van der Waals surface area contributed by atoms with Crippen molar-refractivity contribution in [3.63, 3.8) is 0 Å². The summed E-state index contributed by atoms with van der Waals surface area (Å²) in [6.45, 7) is 3.44. The number of carbonyl (C=O) groups excluding carboxylic acids is 2. The molecule has 41 heavy (non-hydrogen) atoms. The minimum atomic E-state index is -3.98. The van der Waals surface area contributed by atoms with E-state index in [4.69, 9.17) is 11.6 Å². The van der Waals surface area contributed by atoms with E-state index in [2.05, 4.69) is 10.6 Å². The molecule has 2 aromatic carbocycles. The smallest absolute Gasteiger partial charge is 0.243 e. The van der Waals surface area contributed by atoms with E-state index in [9.17, 15) is 31.2 Å². The Morgan fingerprint density at radius 1 is 1.15 bits per heavy atom. The summed E-state index contributed by atoms with van der Waals surface area (Å²) in [7, 11) is -3.98. The van der Waals surface area contributed by atoms with Crippen molar-refractivity contribution < 1.29 is 31.2 Å². The SMILES string of the molecule is CCCCN1CC(C(=O)NC(Cc2cc(F)cc(F)c2)C[C@H]2CN(S(=O)(=O)c3ccc(F)c(Cl)c3)CCN2)CC1=O. The quantitative estimate of drug-likeness (QED) is 0.404. The van der Waals surface area contributed by atoms with Crippen molar-refractivity contribution in [2.45, 2.75) is 56.0 Å². The molecule has 13 heteroatoms. The molecule has 2 unspecified atom stereocenters. The maximum atomic E-state index is 13.9. The molecule has 2 N–H and O–H groups in total. The standard InChI is InChI=1S/C28H34ClF3N4O4S/c1-2-3-7-35-16-19(12-27(35)37)28(38)34-22(11-18-9-20(30)13-21(31)10-18)14-23-17-36(8-6-33-23)41(39,40)24-4-5-26(32)25(29)15-24/h4-5,9-10,13,15,19,22-23,33H,2-3,6-8,11-12,14,16-17H2,1H3,(H,34,38)/t19?,22?,23-/m0/s1. The van der Waals surface area contributed by atoms with Gasteiger partial charge in [0.25, 0.3) is 0 Å². The summed E-state index contributed by atoms with van der Waals surface area (Å²) in [5, 5.41) is 5.91. The summed E-state index contributed by atoms with van der Waals surface area (Å²) in [6.07, 6.45) is 2.19. The third-order valence-corrected chi connectivity index (χ3v) is 9.58. The molecule has 0 saturated carbocycles. The lowest BCUT2D eigenvalue weighted by Gasteiger charge is -2.35. The van der Waals surface area contributed by atoms with Crippen LogP contribution >= 0.6 is 11.6 Å². The Morgan fingerprint density at radius 2 is 1.88 bits per heavy atom. The van der Waals surface area contributed by atoms with Crippen LogP contribution in [-0.2, 0) is 26.0 Å². The summed E-state index contributed by atoms with van der Waals surface area (Å²) >= 11 is 5.81. The maximum absolute atomic E-state index is 13.9. The summed E-state index contributed by atoms with van der Waals surface area (Å²) < 4.78 is 69.3. The van der Waals surface area contributed by atoms with Gasteiger partial charge in [0.05, 0.1) is 15.8 Å². The predicted molar refractivity (Wildman–Crippen MR) is 148 cm³/mol. The zero-order valence-corrected chi connectivity index (χ0v) is 24.3. The lowest BCUT2D eigenvalue weighted by Crippen LogP contribution is -2.55. The molecule has 2 aromatic rings. The van der Waals surface area contributed by atoms with Crippen LogP contribution < -0.4 is 10.6 Å². The van der Waals surface area contributed by atoms with Gasteiger partial charge in [0.15, 0.2) is 0 Å². The van der Waals surface area contributed by atoms with Crippen LogP contribution in [0.3, 0.4) is 0 Å². The predicted octanol–water partition coefficient (Wildman–Crippen LogP) is 3.49. The first kappa shape index (κ1) is 31.3. The van der Waals surface area contributed by atoms with E-state index in [0.29, 0.717) is 25.2 Å². The number of benzene rings is 2. The fraction of sp³-hybridized carbons (Fsp3) is 0.500.